The quantitative estimate of drug-likeness (QED) is 0.831. The van der Waals surface area contributed by atoms with Gasteiger partial charge in [-0.2, -0.15) is 0 Å². The molecule has 0 saturated heterocycles. The highest BCUT2D eigenvalue weighted by Gasteiger charge is 2.15. The summed E-state index contributed by atoms with van der Waals surface area (Å²) in [4.78, 5) is 1.25. The zero-order valence-electron chi connectivity index (χ0n) is 13.1. The molecule has 0 spiro atoms. The van der Waals surface area contributed by atoms with Crippen molar-refractivity contribution in [3.8, 4) is 5.75 Å². The van der Waals surface area contributed by atoms with Gasteiger partial charge in [-0.15, -0.1) is 11.8 Å². The highest BCUT2D eigenvalue weighted by Crippen LogP contribution is 2.32. The minimum absolute atomic E-state index is 0.0353. The molecule has 1 unspecified atom stereocenters. The predicted octanol–water partition coefficient (Wildman–Crippen LogP) is 4.41. The molecular formula is C18H23NOS. The van der Waals surface area contributed by atoms with Crippen LogP contribution in [0.15, 0.2) is 41.3 Å². The third kappa shape index (κ3) is 4.02. The summed E-state index contributed by atoms with van der Waals surface area (Å²) >= 11 is 1.78. The van der Waals surface area contributed by atoms with Gasteiger partial charge >= 0.3 is 0 Å². The molecule has 2 aromatic rings. The number of methoxy groups -OCH3 is 1. The fraction of sp³-hybridized carbons (Fsp3) is 0.333. The number of aryl methyl sites for hydroxylation is 3. The van der Waals surface area contributed by atoms with Crippen molar-refractivity contribution in [2.75, 3.05) is 12.9 Å². The summed E-state index contributed by atoms with van der Waals surface area (Å²) in [7, 11) is 1.71. The largest absolute Gasteiger partial charge is 0.496 e. The molecule has 1 atom stereocenters. The van der Waals surface area contributed by atoms with E-state index < -0.39 is 0 Å². The summed E-state index contributed by atoms with van der Waals surface area (Å²) in [6.07, 6.45) is 0. The summed E-state index contributed by atoms with van der Waals surface area (Å²) in [5.74, 6) is 1.73. The molecule has 0 aliphatic heterocycles. The van der Waals surface area contributed by atoms with Crippen molar-refractivity contribution >= 4 is 11.8 Å². The van der Waals surface area contributed by atoms with E-state index >= 15 is 0 Å². The summed E-state index contributed by atoms with van der Waals surface area (Å²) in [6.45, 7) is 6.27. The normalized spacial score (nSPS) is 12.2. The van der Waals surface area contributed by atoms with Gasteiger partial charge in [-0.1, -0.05) is 23.8 Å². The van der Waals surface area contributed by atoms with E-state index in [4.69, 9.17) is 10.5 Å². The molecule has 0 saturated carbocycles. The molecule has 0 aliphatic rings. The van der Waals surface area contributed by atoms with Gasteiger partial charge in [0.2, 0.25) is 0 Å². The SMILES string of the molecule is COc1cc(C)cc(C)c1C(N)CSc1ccc(C)cc1. The van der Waals surface area contributed by atoms with Crippen LogP contribution in [0, 0.1) is 20.8 Å². The first-order valence-electron chi connectivity index (χ1n) is 7.11. The molecular weight excluding hydrogens is 278 g/mol. The molecule has 0 aromatic heterocycles. The third-order valence-corrected chi connectivity index (χ3v) is 4.67. The van der Waals surface area contributed by atoms with Crippen LogP contribution in [0.5, 0.6) is 5.75 Å². The van der Waals surface area contributed by atoms with Gasteiger partial charge in [0.15, 0.2) is 0 Å². The topological polar surface area (TPSA) is 35.2 Å². The molecule has 0 radical (unpaired) electrons. The zero-order chi connectivity index (χ0) is 15.4. The van der Waals surface area contributed by atoms with E-state index in [0.29, 0.717) is 0 Å². The lowest BCUT2D eigenvalue weighted by atomic mass is 9.99. The molecule has 112 valence electrons. The first-order valence-corrected chi connectivity index (χ1v) is 8.10. The molecule has 0 fully saturated rings. The Morgan fingerprint density at radius 3 is 2.33 bits per heavy atom. The van der Waals surface area contributed by atoms with Gasteiger partial charge in [-0.25, -0.2) is 0 Å². The standard InChI is InChI=1S/C18H23NOS/c1-12-5-7-15(8-6-12)21-11-16(19)18-14(3)9-13(2)10-17(18)20-4/h5-10,16H,11,19H2,1-4H3. The lowest BCUT2D eigenvalue weighted by Crippen LogP contribution is -2.16. The van der Waals surface area contributed by atoms with Crippen molar-refractivity contribution in [1.29, 1.82) is 0 Å². The molecule has 0 heterocycles. The number of thioether (sulfide) groups is 1. The second-order valence-electron chi connectivity index (χ2n) is 5.43. The van der Waals surface area contributed by atoms with Gasteiger partial charge in [-0.3, -0.25) is 0 Å². The van der Waals surface area contributed by atoms with Gasteiger partial charge in [-0.05, 0) is 50.1 Å². The minimum Gasteiger partial charge on any atom is -0.496 e. The summed E-state index contributed by atoms with van der Waals surface area (Å²) in [5.41, 5.74) is 11.2. The number of hydrogen-bond acceptors (Lipinski definition) is 3. The van der Waals surface area contributed by atoms with Crippen molar-refractivity contribution in [3.63, 3.8) is 0 Å². The van der Waals surface area contributed by atoms with Gasteiger partial charge in [0.05, 0.1) is 7.11 Å². The monoisotopic (exact) mass is 301 g/mol. The molecule has 2 nitrogen and oxygen atoms in total. The molecule has 3 heteroatoms. The number of rotatable bonds is 5. The van der Waals surface area contributed by atoms with Crippen LogP contribution in [0.2, 0.25) is 0 Å². The maximum atomic E-state index is 6.40. The number of benzene rings is 2. The van der Waals surface area contributed by atoms with E-state index in [1.165, 1.54) is 21.6 Å². The smallest absolute Gasteiger partial charge is 0.124 e. The van der Waals surface area contributed by atoms with Crippen LogP contribution in [0.1, 0.15) is 28.3 Å². The van der Waals surface area contributed by atoms with Crippen molar-refractivity contribution in [1.82, 2.24) is 0 Å². The Kier molecular flexibility index (Phi) is 5.32. The van der Waals surface area contributed by atoms with Crippen molar-refractivity contribution in [2.45, 2.75) is 31.7 Å². The second-order valence-corrected chi connectivity index (χ2v) is 6.52. The molecule has 0 bridgehead atoms. The lowest BCUT2D eigenvalue weighted by molar-refractivity contribution is 0.406. The Hall–Kier alpha value is -1.45. The molecule has 2 rings (SSSR count). The van der Waals surface area contributed by atoms with Crippen molar-refractivity contribution < 1.29 is 4.74 Å². The molecule has 2 aromatic carbocycles. The Labute approximate surface area is 131 Å². The number of ether oxygens (including phenoxy) is 1. The van der Waals surface area contributed by atoms with Crippen molar-refractivity contribution in [3.05, 3.63) is 58.7 Å². The predicted molar refractivity (Wildman–Crippen MR) is 91.3 cm³/mol. The summed E-state index contributed by atoms with van der Waals surface area (Å²) < 4.78 is 5.51. The molecule has 21 heavy (non-hydrogen) atoms. The van der Waals surface area contributed by atoms with E-state index in [2.05, 4.69) is 57.2 Å². The fourth-order valence-electron chi connectivity index (χ4n) is 2.49. The third-order valence-electron chi connectivity index (χ3n) is 3.53. The van der Waals surface area contributed by atoms with E-state index in [1.54, 1.807) is 18.9 Å². The molecule has 0 aliphatic carbocycles. The molecule has 0 amide bonds. The Morgan fingerprint density at radius 1 is 1.05 bits per heavy atom. The number of hydrogen-bond donors (Lipinski definition) is 1. The van der Waals surface area contributed by atoms with Gasteiger partial charge in [0.1, 0.15) is 5.75 Å². The number of nitrogens with two attached hydrogens (primary N) is 1. The van der Waals surface area contributed by atoms with Crippen LogP contribution in [-0.2, 0) is 0 Å². The fourth-order valence-corrected chi connectivity index (χ4v) is 3.35. The van der Waals surface area contributed by atoms with Gasteiger partial charge < -0.3 is 10.5 Å². The van der Waals surface area contributed by atoms with E-state index in [0.717, 1.165) is 17.1 Å². The maximum absolute atomic E-state index is 6.40. The van der Waals surface area contributed by atoms with Gasteiger partial charge in [0, 0.05) is 22.3 Å². The first-order chi connectivity index (χ1) is 10.0. The van der Waals surface area contributed by atoms with Crippen LogP contribution in [0.4, 0.5) is 0 Å². The lowest BCUT2D eigenvalue weighted by Gasteiger charge is -2.19. The van der Waals surface area contributed by atoms with Crippen LogP contribution < -0.4 is 10.5 Å². The zero-order valence-corrected chi connectivity index (χ0v) is 14.0. The van der Waals surface area contributed by atoms with Crippen molar-refractivity contribution in [2.24, 2.45) is 5.73 Å². The average Bonchev–Trinajstić information content (AvgIpc) is 2.45. The van der Waals surface area contributed by atoms with Crippen LogP contribution >= 0.6 is 11.8 Å². The van der Waals surface area contributed by atoms with Crippen LogP contribution in [0.3, 0.4) is 0 Å². The summed E-state index contributed by atoms with van der Waals surface area (Å²) in [6, 6.07) is 12.7. The summed E-state index contributed by atoms with van der Waals surface area (Å²) in [5, 5.41) is 0. The Balaban J connectivity index is 2.13. The van der Waals surface area contributed by atoms with Gasteiger partial charge in [0.25, 0.3) is 0 Å². The minimum atomic E-state index is -0.0353. The first kappa shape index (κ1) is 15.9. The average molecular weight is 301 g/mol. The van der Waals surface area contributed by atoms with E-state index in [1.807, 2.05) is 0 Å². The van der Waals surface area contributed by atoms with Crippen LogP contribution in [-0.4, -0.2) is 12.9 Å². The van der Waals surface area contributed by atoms with E-state index in [9.17, 15) is 0 Å². The highest BCUT2D eigenvalue weighted by molar-refractivity contribution is 7.99. The molecule has 2 N–H and O–H groups in total. The van der Waals surface area contributed by atoms with Crippen LogP contribution in [0.25, 0.3) is 0 Å². The highest BCUT2D eigenvalue weighted by atomic mass is 32.2. The Bertz CT molecular complexity index is 607. The van der Waals surface area contributed by atoms with E-state index in [-0.39, 0.29) is 6.04 Å². The maximum Gasteiger partial charge on any atom is 0.124 e. The Morgan fingerprint density at radius 2 is 1.71 bits per heavy atom. The second kappa shape index (κ2) is 7.01.